The lowest BCUT2D eigenvalue weighted by Gasteiger charge is -2.07. The zero-order valence-electron chi connectivity index (χ0n) is 12.6. The maximum absolute atomic E-state index is 13.2. The molecule has 118 valence electrons. The Morgan fingerprint density at radius 1 is 1.41 bits per heavy atom. The standard InChI is InChI=1S/C16H19FN2O2S/c1-10(6-11(2)22(3,20)21)16(18)19-15-8-12-4-5-14(17)7-13(12)9-15/h4-7,15H,2,8-9H2,1,3H3,(H2,18,19)/b10-6+. The summed E-state index contributed by atoms with van der Waals surface area (Å²) in [4.78, 5) is 4.42. The summed E-state index contributed by atoms with van der Waals surface area (Å²) >= 11 is 0. The summed E-state index contributed by atoms with van der Waals surface area (Å²) < 4.78 is 35.9. The topological polar surface area (TPSA) is 72.5 Å². The maximum atomic E-state index is 13.2. The monoisotopic (exact) mass is 322 g/mol. The summed E-state index contributed by atoms with van der Waals surface area (Å²) in [7, 11) is -3.33. The van der Waals surface area contributed by atoms with Crippen LogP contribution in [0.1, 0.15) is 18.1 Å². The molecule has 6 heteroatoms. The smallest absolute Gasteiger partial charge is 0.174 e. The molecule has 0 saturated carbocycles. The zero-order chi connectivity index (χ0) is 16.5. The number of fused-ring (bicyclic) bond motifs is 1. The molecular weight excluding hydrogens is 303 g/mol. The van der Waals surface area contributed by atoms with Gasteiger partial charge in [0.05, 0.1) is 10.9 Å². The van der Waals surface area contributed by atoms with E-state index < -0.39 is 9.84 Å². The molecule has 1 aliphatic rings. The molecule has 0 aliphatic heterocycles. The van der Waals surface area contributed by atoms with E-state index in [1.165, 1.54) is 18.2 Å². The van der Waals surface area contributed by atoms with Gasteiger partial charge in [-0.2, -0.15) is 0 Å². The van der Waals surface area contributed by atoms with Crippen molar-refractivity contribution in [3.63, 3.8) is 0 Å². The van der Waals surface area contributed by atoms with E-state index in [4.69, 9.17) is 5.73 Å². The van der Waals surface area contributed by atoms with Crippen LogP contribution in [0.2, 0.25) is 0 Å². The van der Waals surface area contributed by atoms with E-state index in [-0.39, 0.29) is 22.6 Å². The summed E-state index contributed by atoms with van der Waals surface area (Å²) in [6.45, 7) is 5.20. The van der Waals surface area contributed by atoms with Crippen molar-refractivity contribution in [2.24, 2.45) is 10.7 Å². The van der Waals surface area contributed by atoms with Crippen LogP contribution in [0, 0.1) is 5.82 Å². The van der Waals surface area contributed by atoms with Gasteiger partial charge < -0.3 is 5.73 Å². The van der Waals surface area contributed by atoms with Gasteiger partial charge in [-0.05, 0) is 54.7 Å². The minimum absolute atomic E-state index is 0.0000656. The first-order chi connectivity index (χ1) is 10.2. The Hall–Kier alpha value is -1.95. The highest BCUT2D eigenvalue weighted by Gasteiger charge is 2.21. The molecule has 0 fully saturated rings. The number of hydrogen-bond donors (Lipinski definition) is 1. The fraction of sp³-hybridized carbons (Fsp3) is 0.312. The molecule has 0 aromatic heterocycles. The van der Waals surface area contributed by atoms with E-state index in [1.54, 1.807) is 13.0 Å². The van der Waals surface area contributed by atoms with E-state index in [2.05, 4.69) is 11.6 Å². The van der Waals surface area contributed by atoms with Crippen LogP contribution in [-0.2, 0) is 22.7 Å². The molecule has 1 aromatic carbocycles. The van der Waals surface area contributed by atoms with Crippen LogP contribution in [0.5, 0.6) is 0 Å². The van der Waals surface area contributed by atoms with Gasteiger partial charge in [0.1, 0.15) is 11.7 Å². The van der Waals surface area contributed by atoms with Crippen LogP contribution in [0.15, 0.2) is 46.3 Å². The summed E-state index contributed by atoms with van der Waals surface area (Å²) in [5, 5.41) is 0. The third-order valence-corrected chi connectivity index (χ3v) is 4.73. The Bertz CT molecular complexity index is 779. The van der Waals surface area contributed by atoms with Crippen LogP contribution in [0.25, 0.3) is 0 Å². The lowest BCUT2D eigenvalue weighted by atomic mass is 10.1. The first-order valence-corrected chi connectivity index (χ1v) is 8.74. The van der Waals surface area contributed by atoms with Crippen molar-refractivity contribution in [1.82, 2.24) is 0 Å². The van der Waals surface area contributed by atoms with Crippen LogP contribution in [-0.4, -0.2) is 26.6 Å². The SMILES string of the molecule is C=C(/C=C(\C)C(N)=NC1Cc2ccc(F)cc2C1)S(C)(=O)=O. The van der Waals surface area contributed by atoms with Gasteiger partial charge in [0, 0.05) is 6.26 Å². The van der Waals surface area contributed by atoms with Crippen LogP contribution in [0.3, 0.4) is 0 Å². The predicted octanol–water partition coefficient (Wildman–Crippen LogP) is 2.15. The molecule has 0 amide bonds. The van der Waals surface area contributed by atoms with Crippen molar-refractivity contribution < 1.29 is 12.8 Å². The number of sulfone groups is 1. The molecule has 2 rings (SSSR count). The average Bonchev–Trinajstić information content (AvgIpc) is 2.78. The minimum atomic E-state index is -3.33. The van der Waals surface area contributed by atoms with Gasteiger partial charge in [0.15, 0.2) is 9.84 Å². The van der Waals surface area contributed by atoms with E-state index in [9.17, 15) is 12.8 Å². The van der Waals surface area contributed by atoms with Gasteiger partial charge in [0.25, 0.3) is 0 Å². The van der Waals surface area contributed by atoms with Crippen LogP contribution >= 0.6 is 0 Å². The Balaban J connectivity index is 2.14. The molecule has 0 bridgehead atoms. The van der Waals surface area contributed by atoms with Crippen LogP contribution in [0.4, 0.5) is 4.39 Å². The summed E-state index contributed by atoms with van der Waals surface area (Å²) in [6.07, 6.45) is 3.84. The van der Waals surface area contributed by atoms with Crippen LogP contribution < -0.4 is 5.73 Å². The Morgan fingerprint density at radius 2 is 2.05 bits per heavy atom. The molecule has 1 aliphatic carbocycles. The molecule has 4 nitrogen and oxygen atoms in total. The number of halogens is 1. The fourth-order valence-corrected chi connectivity index (χ4v) is 2.77. The quantitative estimate of drug-likeness (QED) is 0.524. The number of benzene rings is 1. The normalized spacial score (nSPS) is 19.1. The molecule has 1 atom stereocenters. The van der Waals surface area contributed by atoms with Crippen molar-refractivity contribution >= 4 is 15.7 Å². The van der Waals surface area contributed by atoms with Crippen molar-refractivity contribution in [3.8, 4) is 0 Å². The Kier molecular flexibility index (Phi) is 4.51. The molecular formula is C16H19FN2O2S. The van der Waals surface area contributed by atoms with E-state index in [0.29, 0.717) is 18.4 Å². The molecule has 0 saturated heterocycles. The molecule has 0 spiro atoms. The van der Waals surface area contributed by atoms with Crippen molar-refractivity contribution in [1.29, 1.82) is 0 Å². The lowest BCUT2D eigenvalue weighted by Crippen LogP contribution is -2.18. The number of aliphatic imine (C=N–C) groups is 1. The molecule has 2 N–H and O–H groups in total. The Labute approximate surface area is 130 Å². The minimum Gasteiger partial charge on any atom is -0.384 e. The van der Waals surface area contributed by atoms with E-state index in [0.717, 1.165) is 17.4 Å². The van der Waals surface area contributed by atoms with Gasteiger partial charge in [-0.1, -0.05) is 12.6 Å². The van der Waals surface area contributed by atoms with Gasteiger partial charge in [-0.25, -0.2) is 12.8 Å². The Morgan fingerprint density at radius 3 is 2.68 bits per heavy atom. The highest BCUT2D eigenvalue weighted by atomic mass is 32.2. The molecule has 1 unspecified atom stereocenters. The number of hydrogen-bond acceptors (Lipinski definition) is 3. The average molecular weight is 322 g/mol. The third kappa shape index (κ3) is 3.82. The van der Waals surface area contributed by atoms with E-state index >= 15 is 0 Å². The third-order valence-electron chi connectivity index (χ3n) is 3.66. The second-order valence-corrected chi connectivity index (χ2v) is 7.62. The maximum Gasteiger partial charge on any atom is 0.174 e. The second-order valence-electron chi connectivity index (χ2n) is 5.56. The fourth-order valence-electron chi connectivity index (χ4n) is 2.38. The molecule has 1 aromatic rings. The lowest BCUT2D eigenvalue weighted by molar-refractivity contribution is 0.608. The highest BCUT2D eigenvalue weighted by molar-refractivity contribution is 7.94. The number of allylic oxidation sites excluding steroid dienone is 1. The zero-order valence-corrected chi connectivity index (χ0v) is 13.5. The second kappa shape index (κ2) is 6.04. The number of rotatable bonds is 4. The first-order valence-electron chi connectivity index (χ1n) is 6.85. The van der Waals surface area contributed by atoms with Gasteiger partial charge in [0.2, 0.25) is 0 Å². The van der Waals surface area contributed by atoms with Gasteiger partial charge in [-0.3, -0.25) is 4.99 Å². The van der Waals surface area contributed by atoms with Gasteiger partial charge in [-0.15, -0.1) is 0 Å². The molecule has 22 heavy (non-hydrogen) atoms. The predicted molar refractivity (Wildman–Crippen MR) is 87.0 cm³/mol. The van der Waals surface area contributed by atoms with Crippen molar-refractivity contribution in [3.05, 3.63) is 58.3 Å². The van der Waals surface area contributed by atoms with Crippen molar-refractivity contribution in [2.75, 3.05) is 6.26 Å². The summed E-state index contributed by atoms with van der Waals surface area (Å²) in [6, 6.07) is 4.68. The van der Waals surface area contributed by atoms with Gasteiger partial charge >= 0.3 is 0 Å². The molecule has 0 heterocycles. The first kappa shape index (κ1) is 16.4. The molecule has 0 radical (unpaired) electrons. The van der Waals surface area contributed by atoms with Crippen molar-refractivity contribution in [2.45, 2.75) is 25.8 Å². The van der Waals surface area contributed by atoms with E-state index in [1.807, 2.05) is 0 Å². The highest BCUT2D eigenvalue weighted by Crippen LogP contribution is 2.25. The number of amidine groups is 1. The summed E-state index contributed by atoms with van der Waals surface area (Å²) in [5.41, 5.74) is 8.50. The number of nitrogens with zero attached hydrogens (tertiary/aromatic N) is 1. The summed E-state index contributed by atoms with van der Waals surface area (Å²) in [5.74, 6) is 0.0277. The number of nitrogens with two attached hydrogens (primary N) is 1. The largest absolute Gasteiger partial charge is 0.384 e.